The Bertz CT molecular complexity index is 844. The predicted octanol–water partition coefficient (Wildman–Crippen LogP) is 4.12. The first kappa shape index (κ1) is 13.4. The average molecular weight is 289 g/mol. The molecular weight excluding hydrogens is 279 g/mol. The number of aromatic amines is 1. The molecule has 0 saturated heterocycles. The van der Waals surface area contributed by atoms with Gasteiger partial charge in [0.1, 0.15) is 0 Å². The molecule has 2 nitrogen and oxygen atoms in total. The van der Waals surface area contributed by atoms with E-state index < -0.39 is 23.2 Å². The van der Waals surface area contributed by atoms with Gasteiger partial charge in [-0.15, -0.1) is 0 Å². The summed E-state index contributed by atoms with van der Waals surface area (Å²) in [4.78, 5) is 15.3. The zero-order valence-corrected chi connectivity index (χ0v) is 11.0. The number of hydrogen-bond acceptors (Lipinski definition) is 1. The second kappa shape index (κ2) is 4.77. The third-order valence-corrected chi connectivity index (χ3v) is 3.33. The van der Waals surface area contributed by atoms with Crippen molar-refractivity contribution in [2.75, 3.05) is 0 Å². The van der Waals surface area contributed by atoms with E-state index in [4.69, 9.17) is 0 Å². The van der Waals surface area contributed by atoms with Gasteiger partial charge in [-0.05, 0) is 31.2 Å². The van der Waals surface area contributed by atoms with Crippen molar-refractivity contribution in [2.24, 2.45) is 0 Å². The number of aromatic nitrogens is 1. The van der Waals surface area contributed by atoms with Crippen LogP contribution in [-0.4, -0.2) is 10.8 Å². The van der Waals surface area contributed by atoms with Crippen LogP contribution in [0.15, 0.2) is 36.5 Å². The molecule has 0 saturated carbocycles. The number of aryl methyl sites for hydroxylation is 1. The van der Waals surface area contributed by atoms with Gasteiger partial charge in [-0.25, -0.2) is 13.2 Å². The number of H-pyrrole nitrogens is 1. The number of rotatable bonds is 2. The molecule has 0 aliphatic heterocycles. The van der Waals surface area contributed by atoms with Crippen molar-refractivity contribution in [3.05, 3.63) is 70.7 Å². The van der Waals surface area contributed by atoms with E-state index in [1.54, 1.807) is 6.07 Å². The molecule has 21 heavy (non-hydrogen) atoms. The van der Waals surface area contributed by atoms with E-state index in [9.17, 15) is 18.0 Å². The number of carbonyl (C=O) groups is 1. The number of benzene rings is 2. The van der Waals surface area contributed by atoms with Crippen LogP contribution in [0.5, 0.6) is 0 Å². The third-order valence-electron chi connectivity index (χ3n) is 3.33. The molecule has 3 rings (SSSR count). The lowest BCUT2D eigenvalue weighted by atomic mass is 10.0. The molecule has 0 atom stereocenters. The van der Waals surface area contributed by atoms with Gasteiger partial charge in [0.05, 0.1) is 0 Å². The molecule has 0 aliphatic carbocycles. The predicted molar refractivity (Wildman–Crippen MR) is 72.8 cm³/mol. The van der Waals surface area contributed by atoms with Crippen LogP contribution in [0.4, 0.5) is 13.2 Å². The Balaban J connectivity index is 2.15. The molecule has 1 N–H and O–H groups in total. The molecular formula is C16H10F3NO. The molecule has 0 spiro atoms. The first-order valence-corrected chi connectivity index (χ1v) is 6.24. The second-order valence-corrected chi connectivity index (χ2v) is 4.83. The Morgan fingerprint density at radius 1 is 1.05 bits per heavy atom. The number of hydrogen-bond donors (Lipinski definition) is 1. The van der Waals surface area contributed by atoms with Gasteiger partial charge < -0.3 is 4.98 Å². The third kappa shape index (κ3) is 2.20. The van der Waals surface area contributed by atoms with Gasteiger partial charge in [-0.3, -0.25) is 4.79 Å². The number of halogens is 3. The van der Waals surface area contributed by atoms with Crippen LogP contribution < -0.4 is 0 Å². The highest BCUT2D eigenvalue weighted by molar-refractivity contribution is 6.16. The molecule has 0 aliphatic rings. The summed E-state index contributed by atoms with van der Waals surface area (Å²) in [5.41, 5.74) is 1.76. The van der Waals surface area contributed by atoms with E-state index in [0.717, 1.165) is 11.1 Å². The molecule has 0 bridgehead atoms. The summed E-state index contributed by atoms with van der Waals surface area (Å²) < 4.78 is 39.4. The van der Waals surface area contributed by atoms with Crippen LogP contribution >= 0.6 is 0 Å². The minimum absolute atomic E-state index is 0.228. The lowest BCUT2D eigenvalue weighted by Crippen LogP contribution is -2.04. The van der Waals surface area contributed by atoms with Crippen molar-refractivity contribution in [1.82, 2.24) is 4.98 Å². The van der Waals surface area contributed by atoms with Crippen LogP contribution in [0.3, 0.4) is 0 Å². The fourth-order valence-electron chi connectivity index (χ4n) is 2.26. The van der Waals surface area contributed by atoms with E-state index in [1.807, 2.05) is 19.1 Å². The first-order valence-electron chi connectivity index (χ1n) is 6.24. The van der Waals surface area contributed by atoms with Crippen molar-refractivity contribution in [1.29, 1.82) is 0 Å². The highest BCUT2D eigenvalue weighted by Crippen LogP contribution is 2.23. The van der Waals surface area contributed by atoms with Crippen molar-refractivity contribution in [3.8, 4) is 0 Å². The number of ketones is 1. The smallest absolute Gasteiger partial charge is 0.195 e. The van der Waals surface area contributed by atoms with E-state index in [2.05, 4.69) is 4.98 Å². The van der Waals surface area contributed by atoms with Gasteiger partial charge in [0, 0.05) is 28.2 Å². The fourth-order valence-corrected chi connectivity index (χ4v) is 2.26. The van der Waals surface area contributed by atoms with Crippen molar-refractivity contribution >= 4 is 16.7 Å². The molecule has 5 heteroatoms. The monoisotopic (exact) mass is 289 g/mol. The molecule has 0 radical (unpaired) electrons. The van der Waals surface area contributed by atoms with Crippen LogP contribution in [0.25, 0.3) is 10.9 Å². The molecule has 0 amide bonds. The number of nitrogens with one attached hydrogen (secondary N) is 1. The largest absolute Gasteiger partial charge is 0.360 e. The van der Waals surface area contributed by atoms with E-state index in [0.29, 0.717) is 23.1 Å². The summed E-state index contributed by atoms with van der Waals surface area (Å²) >= 11 is 0. The Labute approximate surface area is 118 Å². The number of carbonyl (C=O) groups excluding carboxylic acids is 1. The summed E-state index contributed by atoms with van der Waals surface area (Å²) in [5, 5.41) is 0.658. The standard InChI is InChI=1S/C16H10F3NO/c1-8-2-3-14-10(4-8)11(7-20-14)16(21)9-5-12(17)15(19)13(18)6-9/h2-7,20H,1H3. The molecule has 2 aromatic carbocycles. The molecule has 0 fully saturated rings. The van der Waals surface area contributed by atoms with Gasteiger partial charge in [0.2, 0.25) is 0 Å². The van der Waals surface area contributed by atoms with Crippen molar-refractivity contribution < 1.29 is 18.0 Å². The molecule has 106 valence electrons. The molecule has 0 unspecified atom stereocenters. The lowest BCUT2D eigenvalue weighted by molar-refractivity contribution is 0.103. The van der Waals surface area contributed by atoms with E-state index in [-0.39, 0.29) is 5.56 Å². The topological polar surface area (TPSA) is 32.9 Å². The maximum atomic E-state index is 13.2. The zero-order chi connectivity index (χ0) is 15.1. The second-order valence-electron chi connectivity index (χ2n) is 4.83. The summed E-state index contributed by atoms with van der Waals surface area (Å²) in [6, 6.07) is 6.90. The zero-order valence-electron chi connectivity index (χ0n) is 11.0. The van der Waals surface area contributed by atoms with Crippen LogP contribution in [0.2, 0.25) is 0 Å². The number of fused-ring (bicyclic) bond motifs is 1. The lowest BCUT2D eigenvalue weighted by Gasteiger charge is -2.03. The Morgan fingerprint density at radius 3 is 2.38 bits per heavy atom. The maximum absolute atomic E-state index is 13.2. The Hall–Kier alpha value is -2.56. The highest BCUT2D eigenvalue weighted by Gasteiger charge is 2.18. The van der Waals surface area contributed by atoms with Crippen LogP contribution in [0.1, 0.15) is 21.5 Å². The minimum Gasteiger partial charge on any atom is -0.360 e. The van der Waals surface area contributed by atoms with Crippen molar-refractivity contribution in [2.45, 2.75) is 6.92 Å². The maximum Gasteiger partial charge on any atom is 0.195 e. The summed E-state index contributed by atoms with van der Waals surface area (Å²) in [5.74, 6) is -4.91. The normalized spacial score (nSPS) is 11.0. The fraction of sp³-hybridized carbons (Fsp3) is 0.0625. The molecule has 1 heterocycles. The Kier molecular flexibility index (Phi) is 3.05. The van der Waals surface area contributed by atoms with E-state index >= 15 is 0 Å². The Morgan fingerprint density at radius 2 is 1.71 bits per heavy atom. The quantitative estimate of drug-likeness (QED) is 0.558. The van der Waals surface area contributed by atoms with Gasteiger partial charge in [0.15, 0.2) is 23.2 Å². The van der Waals surface area contributed by atoms with Gasteiger partial charge >= 0.3 is 0 Å². The van der Waals surface area contributed by atoms with Crippen LogP contribution in [0, 0.1) is 24.4 Å². The summed E-state index contributed by atoms with van der Waals surface area (Å²) in [7, 11) is 0. The summed E-state index contributed by atoms with van der Waals surface area (Å²) in [6.45, 7) is 1.87. The van der Waals surface area contributed by atoms with Crippen LogP contribution in [-0.2, 0) is 0 Å². The van der Waals surface area contributed by atoms with Gasteiger partial charge in [0.25, 0.3) is 0 Å². The average Bonchev–Trinajstić information content (AvgIpc) is 2.86. The van der Waals surface area contributed by atoms with Gasteiger partial charge in [-0.1, -0.05) is 11.6 Å². The summed E-state index contributed by atoms with van der Waals surface area (Å²) in [6.07, 6.45) is 1.48. The molecule has 1 aromatic heterocycles. The van der Waals surface area contributed by atoms with E-state index in [1.165, 1.54) is 6.20 Å². The molecule has 3 aromatic rings. The highest BCUT2D eigenvalue weighted by atomic mass is 19.2. The SMILES string of the molecule is Cc1ccc2[nH]cc(C(=O)c3cc(F)c(F)c(F)c3)c2c1. The van der Waals surface area contributed by atoms with Crippen molar-refractivity contribution in [3.63, 3.8) is 0 Å². The first-order chi connectivity index (χ1) is 9.97. The van der Waals surface area contributed by atoms with Gasteiger partial charge in [-0.2, -0.15) is 0 Å². The minimum atomic E-state index is -1.58.